The lowest BCUT2D eigenvalue weighted by molar-refractivity contribution is -0.121. The van der Waals surface area contributed by atoms with Crippen LogP contribution in [0.15, 0.2) is 6.20 Å². The predicted octanol–water partition coefficient (Wildman–Crippen LogP) is 0.808. The van der Waals surface area contributed by atoms with Crippen molar-refractivity contribution in [2.45, 2.75) is 25.9 Å². The first-order chi connectivity index (χ1) is 8.26. The Morgan fingerprint density at radius 3 is 2.78 bits per heavy atom. The fraction of sp³-hybridized carbons (Fsp3) is 0.545. The number of anilines is 1. The second-order valence-electron chi connectivity index (χ2n) is 4.58. The number of hydrogen-bond acceptors (Lipinski definition) is 4. The number of methoxy groups -OCH3 is 1. The number of hydrogen-bond donors (Lipinski definition) is 2. The number of nitrogens with zero attached hydrogens (tertiary/aromatic N) is 2. The van der Waals surface area contributed by atoms with E-state index in [9.17, 15) is 4.79 Å². The van der Waals surface area contributed by atoms with Gasteiger partial charge in [-0.2, -0.15) is 5.10 Å². The number of rotatable bonds is 5. The number of aryl methyl sites for hydroxylation is 1. The third-order valence-corrected chi connectivity index (χ3v) is 2.82. The van der Waals surface area contributed by atoms with Crippen LogP contribution < -0.4 is 11.1 Å². The molecular weight excluding hydrogens is 252 g/mol. The van der Waals surface area contributed by atoms with Gasteiger partial charge in [0.2, 0.25) is 5.91 Å². The molecule has 0 saturated heterocycles. The predicted molar refractivity (Wildman–Crippen MR) is 73.4 cm³/mol. The summed E-state index contributed by atoms with van der Waals surface area (Å²) < 4.78 is 6.72. The molecule has 3 N–H and O–H groups in total. The Morgan fingerprint density at radius 2 is 2.28 bits per heavy atom. The van der Waals surface area contributed by atoms with Gasteiger partial charge >= 0.3 is 0 Å². The number of carbonyl (C=O) groups excluding carboxylic acids is 1. The van der Waals surface area contributed by atoms with Crippen LogP contribution in [0, 0.1) is 0 Å². The maximum Gasteiger partial charge on any atom is 0.228 e. The number of amides is 1. The SMILES string of the molecule is COC(C)(C)CC(=O)Nc1c(C(N)=S)cnn1C. The first-order valence-electron chi connectivity index (χ1n) is 5.43. The van der Waals surface area contributed by atoms with E-state index in [4.69, 9.17) is 22.7 Å². The highest BCUT2D eigenvalue weighted by Crippen LogP contribution is 2.17. The molecular formula is C11H18N4O2S. The van der Waals surface area contributed by atoms with E-state index in [1.807, 2.05) is 13.8 Å². The van der Waals surface area contributed by atoms with Crippen molar-refractivity contribution in [2.24, 2.45) is 12.8 Å². The average molecular weight is 270 g/mol. The van der Waals surface area contributed by atoms with Gasteiger partial charge in [0.15, 0.2) is 0 Å². The van der Waals surface area contributed by atoms with Crippen molar-refractivity contribution in [3.63, 3.8) is 0 Å². The maximum atomic E-state index is 11.9. The number of nitrogens with two attached hydrogens (primary N) is 1. The highest BCUT2D eigenvalue weighted by atomic mass is 32.1. The molecule has 1 rings (SSSR count). The number of carbonyl (C=O) groups is 1. The lowest BCUT2D eigenvalue weighted by Gasteiger charge is -2.22. The van der Waals surface area contributed by atoms with Gasteiger partial charge in [-0.05, 0) is 13.8 Å². The third-order valence-electron chi connectivity index (χ3n) is 2.60. The molecule has 1 heterocycles. The van der Waals surface area contributed by atoms with Crippen LogP contribution in [0.4, 0.5) is 5.82 Å². The molecule has 0 atom stereocenters. The molecule has 0 aliphatic rings. The quantitative estimate of drug-likeness (QED) is 0.774. The summed E-state index contributed by atoms with van der Waals surface area (Å²) >= 11 is 4.90. The summed E-state index contributed by atoms with van der Waals surface area (Å²) in [5.41, 5.74) is 5.59. The zero-order valence-corrected chi connectivity index (χ0v) is 11.8. The van der Waals surface area contributed by atoms with Crippen LogP contribution in [-0.2, 0) is 16.6 Å². The van der Waals surface area contributed by atoms with Crippen molar-refractivity contribution < 1.29 is 9.53 Å². The molecule has 7 heteroatoms. The standard InChI is InChI=1S/C11H18N4O2S/c1-11(2,17-4)5-8(16)14-10-7(9(12)18)6-13-15(10)3/h6H,5H2,1-4H3,(H2,12,18)(H,14,16). The zero-order chi connectivity index (χ0) is 13.9. The molecule has 1 aromatic rings. The molecule has 0 bridgehead atoms. The van der Waals surface area contributed by atoms with Gasteiger partial charge in [0.05, 0.1) is 23.8 Å². The molecule has 0 fully saturated rings. The summed E-state index contributed by atoms with van der Waals surface area (Å²) in [6.45, 7) is 3.68. The van der Waals surface area contributed by atoms with Crippen molar-refractivity contribution >= 4 is 28.9 Å². The summed E-state index contributed by atoms with van der Waals surface area (Å²) in [6, 6.07) is 0. The summed E-state index contributed by atoms with van der Waals surface area (Å²) in [7, 11) is 3.27. The van der Waals surface area contributed by atoms with Crippen LogP contribution in [0.5, 0.6) is 0 Å². The van der Waals surface area contributed by atoms with Crippen LogP contribution in [0.25, 0.3) is 0 Å². The minimum absolute atomic E-state index is 0.178. The normalized spacial score (nSPS) is 11.3. The molecule has 0 aliphatic carbocycles. The highest BCUT2D eigenvalue weighted by Gasteiger charge is 2.22. The molecule has 0 unspecified atom stereocenters. The topological polar surface area (TPSA) is 82.2 Å². The summed E-state index contributed by atoms with van der Waals surface area (Å²) in [6.07, 6.45) is 1.75. The molecule has 100 valence electrons. The van der Waals surface area contributed by atoms with E-state index in [2.05, 4.69) is 10.4 Å². The van der Waals surface area contributed by atoms with Crippen molar-refractivity contribution in [2.75, 3.05) is 12.4 Å². The first-order valence-corrected chi connectivity index (χ1v) is 5.84. The Morgan fingerprint density at radius 1 is 1.67 bits per heavy atom. The largest absolute Gasteiger partial charge is 0.389 e. The van der Waals surface area contributed by atoms with Crippen molar-refractivity contribution in [3.8, 4) is 0 Å². The van der Waals surface area contributed by atoms with Gasteiger partial charge in [-0.3, -0.25) is 9.48 Å². The third kappa shape index (κ3) is 3.51. The van der Waals surface area contributed by atoms with Gasteiger partial charge in [0, 0.05) is 14.2 Å². The zero-order valence-electron chi connectivity index (χ0n) is 11.0. The van der Waals surface area contributed by atoms with Crippen LogP contribution >= 0.6 is 12.2 Å². The second kappa shape index (κ2) is 5.45. The number of thiocarbonyl (C=S) groups is 1. The summed E-state index contributed by atoms with van der Waals surface area (Å²) in [4.78, 5) is 12.1. The van der Waals surface area contributed by atoms with Gasteiger partial charge in [-0.25, -0.2) is 0 Å². The summed E-state index contributed by atoms with van der Waals surface area (Å²) in [5, 5.41) is 6.76. The van der Waals surface area contributed by atoms with E-state index >= 15 is 0 Å². The smallest absolute Gasteiger partial charge is 0.228 e. The molecule has 18 heavy (non-hydrogen) atoms. The van der Waals surface area contributed by atoms with Crippen LogP contribution in [0.2, 0.25) is 0 Å². The molecule has 6 nitrogen and oxygen atoms in total. The minimum atomic E-state index is -0.522. The number of ether oxygens (including phenoxy) is 1. The minimum Gasteiger partial charge on any atom is -0.389 e. The molecule has 0 aromatic carbocycles. The van der Waals surface area contributed by atoms with E-state index in [1.54, 1.807) is 14.2 Å². The molecule has 0 saturated carbocycles. The van der Waals surface area contributed by atoms with Crippen LogP contribution in [0.3, 0.4) is 0 Å². The molecule has 1 amide bonds. The fourth-order valence-electron chi connectivity index (χ4n) is 1.40. The van der Waals surface area contributed by atoms with E-state index in [1.165, 1.54) is 10.9 Å². The van der Waals surface area contributed by atoms with Crippen molar-refractivity contribution in [1.82, 2.24) is 9.78 Å². The van der Waals surface area contributed by atoms with E-state index < -0.39 is 5.60 Å². The first kappa shape index (κ1) is 14.6. The average Bonchev–Trinajstić information content (AvgIpc) is 2.60. The summed E-state index contributed by atoms with van der Waals surface area (Å²) in [5.74, 6) is 0.322. The van der Waals surface area contributed by atoms with Gasteiger partial charge in [0.1, 0.15) is 10.8 Å². The van der Waals surface area contributed by atoms with Gasteiger partial charge < -0.3 is 15.8 Å². The second-order valence-corrected chi connectivity index (χ2v) is 5.02. The van der Waals surface area contributed by atoms with Gasteiger partial charge in [-0.15, -0.1) is 0 Å². The molecule has 0 spiro atoms. The van der Waals surface area contributed by atoms with Crippen LogP contribution in [-0.4, -0.2) is 33.4 Å². The highest BCUT2D eigenvalue weighted by molar-refractivity contribution is 7.80. The fourth-order valence-corrected chi connectivity index (χ4v) is 1.55. The molecule has 0 aliphatic heterocycles. The van der Waals surface area contributed by atoms with Crippen molar-refractivity contribution in [1.29, 1.82) is 0 Å². The maximum absolute atomic E-state index is 11.9. The van der Waals surface area contributed by atoms with Gasteiger partial charge in [0.25, 0.3) is 0 Å². The van der Waals surface area contributed by atoms with E-state index in [0.29, 0.717) is 11.4 Å². The number of nitrogens with one attached hydrogen (secondary N) is 1. The Kier molecular flexibility index (Phi) is 4.42. The molecule has 1 aromatic heterocycles. The van der Waals surface area contributed by atoms with E-state index in [-0.39, 0.29) is 17.3 Å². The van der Waals surface area contributed by atoms with E-state index in [0.717, 1.165) is 0 Å². The lowest BCUT2D eigenvalue weighted by Crippen LogP contribution is -2.30. The van der Waals surface area contributed by atoms with Gasteiger partial charge in [-0.1, -0.05) is 12.2 Å². The lowest BCUT2D eigenvalue weighted by atomic mass is 10.1. The van der Waals surface area contributed by atoms with Crippen LogP contribution in [0.1, 0.15) is 25.8 Å². The Balaban J connectivity index is 2.82. The molecule has 0 radical (unpaired) electrons. The monoisotopic (exact) mass is 270 g/mol. The Labute approximate surface area is 111 Å². The Bertz CT molecular complexity index is 468. The Hall–Kier alpha value is -1.47. The van der Waals surface area contributed by atoms with Crippen molar-refractivity contribution in [3.05, 3.63) is 11.8 Å². The number of aromatic nitrogens is 2.